The monoisotopic (exact) mass is 705 g/mol. The summed E-state index contributed by atoms with van der Waals surface area (Å²) in [6.45, 7) is 5.38. The third-order valence-corrected chi connectivity index (χ3v) is 10.1. The molecule has 1 N–H and O–H groups in total. The lowest BCUT2D eigenvalue weighted by atomic mass is 10.0. The van der Waals surface area contributed by atoms with E-state index in [0.717, 1.165) is 25.5 Å². The minimum absolute atomic E-state index is 0.0106. The number of ether oxygens (including phenoxy) is 1. The summed E-state index contributed by atoms with van der Waals surface area (Å²) in [5, 5.41) is 3.05. The second-order valence-electron chi connectivity index (χ2n) is 11.2. The first-order chi connectivity index (χ1) is 22.0. The van der Waals surface area contributed by atoms with Crippen LogP contribution in [0.4, 0.5) is 5.69 Å². The summed E-state index contributed by atoms with van der Waals surface area (Å²) in [6.07, 6.45) is 0.965. The maximum Gasteiger partial charge on any atom is 0.264 e. The average Bonchev–Trinajstić information content (AvgIpc) is 3.06. The van der Waals surface area contributed by atoms with Gasteiger partial charge >= 0.3 is 0 Å². The van der Waals surface area contributed by atoms with Crippen LogP contribution in [0.5, 0.6) is 5.75 Å². The van der Waals surface area contributed by atoms with Crippen molar-refractivity contribution in [3.63, 3.8) is 0 Å². The van der Waals surface area contributed by atoms with Crippen molar-refractivity contribution < 1.29 is 22.7 Å². The fourth-order valence-corrected chi connectivity index (χ4v) is 6.57. The zero-order valence-electron chi connectivity index (χ0n) is 26.5. The Kier molecular flexibility index (Phi) is 12.0. The van der Waals surface area contributed by atoms with Gasteiger partial charge in [0.1, 0.15) is 18.3 Å². The number of hydrogen-bond acceptors (Lipinski definition) is 5. The van der Waals surface area contributed by atoms with Crippen LogP contribution < -0.4 is 14.4 Å². The van der Waals surface area contributed by atoms with Gasteiger partial charge in [0.2, 0.25) is 11.8 Å². The molecule has 0 unspecified atom stereocenters. The van der Waals surface area contributed by atoms with Crippen LogP contribution in [-0.4, -0.2) is 50.9 Å². The Morgan fingerprint density at radius 3 is 2.09 bits per heavy atom. The van der Waals surface area contributed by atoms with Crippen LogP contribution in [0.2, 0.25) is 0 Å². The lowest BCUT2D eigenvalue weighted by molar-refractivity contribution is -0.140. The highest BCUT2D eigenvalue weighted by molar-refractivity contribution is 9.10. The minimum atomic E-state index is -4.20. The van der Waals surface area contributed by atoms with Crippen LogP contribution in [0.15, 0.2) is 112 Å². The maximum absolute atomic E-state index is 14.5. The molecule has 0 saturated carbocycles. The molecule has 0 aliphatic heterocycles. The van der Waals surface area contributed by atoms with E-state index in [9.17, 15) is 18.0 Å². The molecule has 10 heteroatoms. The predicted octanol–water partition coefficient (Wildman–Crippen LogP) is 6.52. The topological polar surface area (TPSA) is 96.0 Å². The van der Waals surface area contributed by atoms with E-state index in [2.05, 4.69) is 21.2 Å². The molecule has 0 spiro atoms. The van der Waals surface area contributed by atoms with E-state index in [0.29, 0.717) is 17.9 Å². The van der Waals surface area contributed by atoms with E-state index in [1.54, 1.807) is 36.4 Å². The smallest absolute Gasteiger partial charge is 0.264 e. The first kappa shape index (κ1) is 34.7. The van der Waals surface area contributed by atoms with Crippen LogP contribution in [0.1, 0.15) is 37.0 Å². The Morgan fingerprint density at radius 2 is 1.50 bits per heavy atom. The Hall–Kier alpha value is -4.15. The zero-order valence-corrected chi connectivity index (χ0v) is 28.9. The SMILES string of the molecule is CC[C@@H](C)NC(=O)[C@H](Cc1ccccc1)N(Cc1ccc(Br)cc1)C(=O)CN(c1ccc(C)cc1)S(=O)(=O)c1ccc(OC)cc1. The third kappa shape index (κ3) is 8.98. The molecule has 0 heterocycles. The van der Waals surface area contributed by atoms with E-state index in [1.165, 1.54) is 24.1 Å². The molecule has 242 valence electrons. The van der Waals surface area contributed by atoms with E-state index < -0.39 is 28.5 Å². The van der Waals surface area contributed by atoms with Gasteiger partial charge in [-0.1, -0.05) is 83.0 Å². The van der Waals surface area contributed by atoms with Crippen molar-refractivity contribution in [1.82, 2.24) is 10.2 Å². The van der Waals surface area contributed by atoms with Gasteiger partial charge in [0.25, 0.3) is 10.0 Å². The van der Waals surface area contributed by atoms with Gasteiger partial charge in [0, 0.05) is 23.5 Å². The second-order valence-corrected chi connectivity index (χ2v) is 14.0. The van der Waals surface area contributed by atoms with Crippen LogP contribution >= 0.6 is 15.9 Å². The highest BCUT2D eigenvalue weighted by Crippen LogP contribution is 2.27. The molecule has 0 saturated heterocycles. The van der Waals surface area contributed by atoms with Crippen molar-refractivity contribution >= 4 is 43.5 Å². The lowest BCUT2D eigenvalue weighted by Gasteiger charge is -2.34. The molecule has 0 aliphatic carbocycles. The molecule has 2 atom stereocenters. The number of benzene rings is 4. The molecule has 4 aromatic rings. The number of anilines is 1. The van der Waals surface area contributed by atoms with Gasteiger partial charge in [0.05, 0.1) is 17.7 Å². The molecular weight excluding hydrogens is 666 g/mol. The van der Waals surface area contributed by atoms with Crippen LogP contribution in [0.25, 0.3) is 0 Å². The van der Waals surface area contributed by atoms with Crippen molar-refractivity contribution in [3.05, 3.63) is 124 Å². The summed E-state index contributed by atoms with van der Waals surface area (Å²) in [5.41, 5.74) is 2.95. The first-order valence-corrected chi connectivity index (χ1v) is 17.4. The van der Waals surface area contributed by atoms with E-state index in [1.807, 2.05) is 75.4 Å². The fourth-order valence-electron chi connectivity index (χ4n) is 4.90. The zero-order chi connectivity index (χ0) is 33.3. The van der Waals surface area contributed by atoms with E-state index in [-0.39, 0.29) is 29.8 Å². The quantitative estimate of drug-likeness (QED) is 0.161. The summed E-state index contributed by atoms with van der Waals surface area (Å²) >= 11 is 3.46. The van der Waals surface area contributed by atoms with Crippen LogP contribution in [0, 0.1) is 6.92 Å². The highest BCUT2D eigenvalue weighted by atomic mass is 79.9. The number of methoxy groups -OCH3 is 1. The summed E-state index contributed by atoms with van der Waals surface area (Å²) in [5.74, 6) is -0.307. The molecule has 0 fully saturated rings. The predicted molar refractivity (Wildman–Crippen MR) is 185 cm³/mol. The molecule has 0 radical (unpaired) electrons. The number of carbonyl (C=O) groups is 2. The van der Waals surface area contributed by atoms with Crippen molar-refractivity contribution in [2.45, 2.75) is 57.1 Å². The van der Waals surface area contributed by atoms with Gasteiger partial charge in [-0.05, 0) is 79.9 Å². The minimum Gasteiger partial charge on any atom is -0.497 e. The van der Waals surface area contributed by atoms with E-state index in [4.69, 9.17) is 4.74 Å². The van der Waals surface area contributed by atoms with Gasteiger partial charge in [-0.3, -0.25) is 13.9 Å². The summed E-state index contributed by atoms with van der Waals surface area (Å²) in [6, 6.07) is 29.0. The van der Waals surface area contributed by atoms with Gasteiger partial charge in [-0.25, -0.2) is 8.42 Å². The molecule has 46 heavy (non-hydrogen) atoms. The van der Waals surface area contributed by atoms with Crippen molar-refractivity contribution in [3.8, 4) is 5.75 Å². The molecule has 2 amide bonds. The normalized spacial score (nSPS) is 12.5. The van der Waals surface area contributed by atoms with Crippen molar-refractivity contribution in [1.29, 1.82) is 0 Å². The molecule has 4 aromatic carbocycles. The van der Waals surface area contributed by atoms with Crippen LogP contribution in [0.3, 0.4) is 0 Å². The standard InChI is InChI=1S/C36H40BrN3O5S/c1-5-27(3)38-36(42)34(23-28-9-7-6-8-10-28)39(24-29-13-15-30(37)16-14-29)35(41)25-40(31-17-11-26(2)12-18-31)46(43,44)33-21-19-32(45-4)20-22-33/h6-22,27,34H,5,23-25H2,1-4H3,(H,38,42)/t27-,34+/m1/s1. The van der Waals surface area contributed by atoms with E-state index >= 15 is 0 Å². The maximum atomic E-state index is 14.5. The number of rotatable bonds is 14. The Balaban J connectivity index is 1.80. The van der Waals surface area contributed by atoms with Crippen molar-refractivity contribution in [2.24, 2.45) is 0 Å². The lowest BCUT2D eigenvalue weighted by Crippen LogP contribution is -2.54. The Bertz CT molecular complexity index is 1700. The number of hydrogen-bond donors (Lipinski definition) is 1. The van der Waals surface area contributed by atoms with Crippen LogP contribution in [-0.2, 0) is 32.6 Å². The van der Waals surface area contributed by atoms with Gasteiger partial charge in [-0.15, -0.1) is 0 Å². The Labute approximate surface area is 280 Å². The molecule has 4 rings (SSSR count). The summed E-state index contributed by atoms with van der Waals surface area (Å²) in [4.78, 5) is 30.0. The third-order valence-electron chi connectivity index (χ3n) is 7.79. The number of nitrogens with zero attached hydrogens (tertiary/aromatic N) is 2. The molecular formula is C36H40BrN3O5S. The van der Waals surface area contributed by atoms with Gasteiger partial charge in [0.15, 0.2) is 0 Å². The Morgan fingerprint density at radius 1 is 0.870 bits per heavy atom. The number of amides is 2. The van der Waals surface area contributed by atoms with Crippen molar-refractivity contribution in [2.75, 3.05) is 18.0 Å². The van der Waals surface area contributed by atoms with Gasteiger partial charge < -0.3 is 15.0 Å². The van der Waals surface area contributed by atoms with Gasteiger partial charge in [-0.2, -0.15) is 0 Å². The number of nitrogens with one attached hydrogen (secondary N) is 1. The largest absolute Gasteiger partial charge is 0.497 e. The average molecular weight is 707 g/mol. The molecule has 0 bridgehead atoms. The summed E-state index contributed by atoms with van der Waals surface area (Å²) < 4.78 is 35.6. The summed E-state index contributed by atoms with van der Waals surface area (Å²) in [7, 11) is -2.70. The molecule has 0 aromatic heterocycles. The highest BCUT2D eigenvalue weighted by Gasteiger charge is 2.35. The number of aryl methyl sites for hydroxylation is 1. The number of carbonyl (C=O) groups excluding carboxylic acids is 2. The first-order valence-electron chi connectivity index (χ1n) is 15.1. The molecule has 0 aliphatic rings. The molecule has 8 nitrogen and oxygen atoms in total. The fraction of sp³-hybridized carbons (Fsp3) is 0.278. The number of halogens is 1. The second kappa shape index (κ2) is 15.9. The number of sulfonamides is 1.